The first-order valence-electron chi connectivity index (χ1n) is 8.23. The molecule has 3 heterocycles. The van der Waals surface area contributed by atoms with E-state index in [-0.39, 0.29) is 11.5 Å². The minimum absolute atomic E-state index is 0.286. The van der Waals surface area contributed by atoms with Crippen molar-refractivity contribution < 1.29 is 9.21 Å². The van der Waals surface area contributed by atoms with Crippen molar-refractivity contribution in [1.82, 2.24) is 9.38 Å². The van der Waals surface area contributed by atoms with Crippen molar-refractivity contribution in [1.29, 1.82) is 0 Å². The number of hydrogen-bond acceptors (Lipinski definition) is 4. The van der Waals surface area contributed by atoms with Gasteiger partial charge in [-0.2, -0.15) is 0 Å². The Hall–Kier alpha value is -3.41. The number of imidazole rings is 1. The fourth-order valence-electron chi connectivity index (χ4n) is 3.05. The number of carbonyl (C=O) groups excluding carboxylic acids is 1. The second-order valence-corrected chi connectivity index (χ2v) is 6.39. The molecule has 1 aromatic carbocycles. The van der Waals surface area contributed by atoms with Crippen LogP contribution in [-0.2, 0) is 0 Å². The number of nitrogens with zero attached hydrogens (tertiary/aromatic N) is 2. The molecule has 0 atom stereocenters. The zero-order valence-corrected chi connectivity index (χ0v) is 14.7. The lowest BCUT2D eigenvalue weighted by atomic mass is 10.1. The van der Waals surface area contributed by atoms with Gasteiger partial charge in [0.15, 0.2) is 0 Å². The summed E-state index contributed by atoms with van der Waals surface area (Å²) in [6, 6.07) is 10.7. The van der Waals surface area contributed by atoms with Crippen LogP contribution < -0.4 is 10.9 Å². The van der Waals surface area contributed by atoms with Gasteiger partial charge in [-0.3, -0.25) is 4.79 Å². The minimum atomic E-state index is -0.383. The van der Waals surface area contributed by atoms with Crippen molar-refractivity contribution in [3.63, 3.8) is 0 Å². The quantitative estimate of drug-likeness (QED) is 0.562. The van der Waals surface area contributed by atoms with Crippen LogP contribution in [0.2, 0.25) is 0 Å². The van der Waals surface area contributed by atoms with Crippen LogP contribution in [0.5, 0.6) is 0 Å². The van der Waals surface area contributed by atoms with Gasteiger partial charge in [0, 0.05) is 29.0 Å². The maximum atomic E-state index is 12.7. The molecule has 6 heteroatoms. The monoisotopic (exact) mass is 347 g/mol. The number of amides is 1. The van der Waals surface area contributed by atoms with E-state index in [1.807, 2.05) is 49.4 Å². The molecule has 4 rings (SSSR count). The summed E-state index contributed by atoms with van der Waals surface area (Å²) in [4.78, 5) is 28.6. The molecule has 0 radical (unpaired) electrons. The molecule has 0 bridgehead atoms. The van der Waals surface area contributed by atoms with Crippen LogP contribution in [0.1, 0.15) is 27.3 Å². The number of pyridine rings is 1. The Kier molecular flexibility index (Phi) is 3.61. The minimum Gasteiger partial charge on any atom is -0.423 e. The standard InChI is InChI=1S/C20H17N3O3/c1-11-8-19(24)26-17-7-12(2)15(9-14(11)17)22-20(25)16-10-23-13(3)5-4-6-18(23)21-16/h4-10H,1-3H3,(H,22,25). The molecule has 0 saturated carbocycles. The van der Waals surface area contributed by atoms with Crippen molar-refractivity contribution in [2.45, 2.75) is 20.8 Å². The van der Waals surface area contributed by atoms with Gasteiger partial charge in [0.2, 0.25) is 0 Å². The second kappa shape index (κ2) is 5.84. The molecular formula is C20H17N3O3. The summed E-state index contributed by atoms with van der Waals surface area (Å²) in [5.41, 5.74) is 4.46. The molecule has 0 spiro atoms. The molecule has 6 nitrogen and oxygen atoms in total. The SMILES string of the molecule is Cc1cc2oc(=O)cc(C)c2cc1NC(=O)c1cn2c(C)cccc2n1. The topological polar surface area (TPSA) is 76.6 Å². The van der Waals surface area contributed by atoms with E-state index in [9.17, 15) is 9.59 Å². The third kappa shape index (κ3) is 2.65. The molecule has 0 aliphatic rings. The summed E-state index contributed by atoms with van der Waals surface area (Å²) in [5.74, 6) is -0.286. The molecule has 130 valence electrons. The molecule has 0 aliphatic heterocycles. The van der Waals surface area contributed by atoms with Gasteiger partial charge < -0.3 is 14.1 Å². The smallest absolute Gasteiger partial charge is 0.336 e. The van der Waals surface area contributed by atoms with Crippen LogP contribution in [0.4, 0.5) is 5.69 Å². The fourth-order valence-corrected chi connectivity index (χ4v) is 3.05. The van der Waals surface area contributed by atoms with Crippen LogP contribution in [0.3, 0.4) is 0 Å². The van der Waals surface area contributed by atoms with Crippen molar-refractivity contribution >= 4 is 28.2 Å². The van der Waals surface area contributed by atoms with E-state index >= 15 is 0 Å². The zero-order valence-electron chi connectivity index (χ0n) is 14.7. The molecule has 0 fully saturated rings. The normalized spacial score (nSPS) is 11.2. The van der Waals surface area contributed by atoms with E-state index < -0.39 is 0 Å². The van der Waals surface area contributed by atoms with Crippen molar-refractivity contribution in [2.75, 3.05) is 5.32 Å². The van der Waals surface area contributed by atoms with E-state index in [4.69, 9.17) is 4.42 Å². The number of aryl methyl sites for hydroxylation is 3. The summed E-state index contributed by atoms with van der Waals surface area (Å²) in [7, 11) is 0. The zero-order chi connectivity index (χ0) is 18.4. The lowest BCUT2D eigenvalue weighted by Gasteiger charge is -2.09. The highest BCUT2D eigenvalue weighted by Crippen LogP contribution is 2.25. The molecule has 26 heavy (non-hydrogen) atoms. The molecule has 4 aromatic rings. The Morgan fingerprint density at radius 2 is 1.92 bits per heavy atom. The van der Waals surface area contributed by atoms with E-state index in [0.717, 1.165) is 27.9 Å². The van der Waals surface area contributed by atoms with Gasteiger partial charge in [0.25, 0.3) is 5.91 Å². The van der Waals surface area contributed by atoms with Crippen molar-refractivity contribution in [3.05, 3.63) is 75.5 Å². The largest absolute Gasteiger partial charge is 0.423 e. The van der Waals surface area contributed by atoms with Crippen LogP contribution in [0.15, 0.2) is 51.8 Å². The lowest BCUT2D eigenvalue weighted by Crippen LogP contribution is -2.13. The van der Waals surface area contributed by atoms with E-state index in [0.29, 0.717) is 17.0 Å². The second-order valence-electron chi connectivity index (χ2n) is 6.39. The first-order chi connectivity index (χ1) is 12.4. The van der Waals surface area contributed by atoms with Gasteiger partial charge in [0.05, 0.1) is 0 Å². The third-order valence-corrected chi connectivity index (χ3v) is 4.47. The number of nitrogens with one attached hydrogen (secondary N) is 1. The van der Waals surface area contributed by atoms with E-state index in [1.54, 1.807) is 12.3 Å². The first-order valence-corrected chi connectivity index (χ1v) is 8.23. The summed E-state index contributed by atoms with van der Waals surface area (Å²) in [6.07, 6.45) is 1.72. The third-order valence-electron chi connectivity index (χ3n) is 4.47. The predicted octanol–water partition coefficient (Wildman–Crippen LogP) is 3.62. The highest BCUT2D eigenvalue weighted by molar-refractivity contribution is 6.04. The number of hydrogen-bond donors (Lipinski definition) is 1. The Labute approximate surface area is 149 Å². The summed E-state index contributed by atoms with van der Waals surface area (Å²) in [6.45, 7) is 5.65. The maximum absolute atomic E-state index is 12.7. The first kappa shape index (κ1) is 16.1. The lowest BCUT2D eigenvalue weighted by molar-refractivity contribution is 0.102. The van der Waals surface area contributed by atoms with Gasteiger partial charge in [-0.05, 0) is 56.2 Å². The molecule has 0 unspecified atom stereocenters. The number of fused-ring (bicyclic) bond motifs is 2. The molecule has 1 N–H and O–H groups in total. The summed E-state index contributed by atoms with van der Waals surface area (Å²) >= 11 is 0. The highest BCUT2D eigenvalue weighted by atomic mass is 16.4. The number of aromatic nitrogens is 2. The van der Waals surface area contributed by atoms with Crippen molar-refractivity contribution in [2.24, 2.45) is 0 Å². The van der Waals surface area contributed by atoms with Gasteiger partial charge in [-0.15, -0.1) is 0 Å². The van der Waals surface area contributed by atoms with Gasteiger partial charge in [-0.1, -0.05) is 6.07 Å². The number of rotatable bonds is 2. The Balaban J connectivity index is 1.73. The maximum Gasteiger partial charge on any atom is 0.336 e. The summed E-state index contributed by atoms with van der Waals surface area (Å²) < 4.78 is 7.11. The van der Waals surface area contributed by atoms with Gasteiger partial charge in [-0.25, -0.2) is 9.78 Å². The van der Waals surface area contributed by atoms with Gasteiger partial charge in [0.1, 0.15) is 16.9 Å². The molecule has 3 aromatic heterocycles. The molecule has 1 amide bonds. The van der Waals surface area contributed by atoms with Crippen molar-refractivity contribution in [3.8, 4) is 0 Å². The predicted molar refractivity (Wildman–Crippen MR) is 99.8 cm³/mol. The molecular weight excluding hydrogens is 330 g/mol. The Morgan fingerprint density at radius 1 is 1.12 bits per heavy atom. The number of benzene rings is 1. The van der Waals surface area contributed by atoms with Crippen LogP contribution >= 0.6 is 0 Å². The summed E-state index contributed by atoms with van der Waals surface area (Å²) in [5, 5.41) is 3.69. The number of carbonyl (C=O) groups is 1. The Bertz CT molecular complexity index is 1230. The molecule has 0 saturated heterocycles. The van der Waals surface area contributed by atoms with E-state index in [2.05, 4.69) is 10.3 Å². The average Bonchev–Trinajstić information content (AvgIpc) is 3.02. The average molecular weight is 347 g/mol. The van der Waals surface area contributed by atoms with E-state index in [1.165, 1.54) is 6.07 Å². The fraction of sp³-hybridized carbons (Fsp3) is 0.150. The highest BCUT2D eigenvalue weighted by Gasteiger charge is 2.14. The van der Waals surface area contributed by atoms with Crippen LogP contribution in [0, 0.1) is 20.8 Å². The van der Waals surface area contributed by atoms with Gasteiger partial charge >= 0.3 is 5.63 Å². The van der Waals surface area contributed by atoms with Crippen LogP contribution in [0.25, 0.3) is 16.6 Å². The van der Waals surface area contributed by atoms with Crippen LogP contribution in [-0.4, -0.2) is 15.3 Å². The Morgan fingerprint density at radius 3 is 2.69 bits per heavy atom. The molecule has 0 aliphatic carbocycles. The number of anilines is 1.